The lowest BCUT2D eigenvalue weighted by Gasteiger charge is -2.24. The van der Waals surface area contributed by atoms with E-state index in [0.717, 1.165) is 12.1 Å². The minimum absolute atomic E-state index is 0.207. The highest BCUT2D eigenvalue weighted by Crippen LogP contribution is 2.41. The number of esters is 1. The number of aliphatic imine (C=N–C) groups is 1. The summed E-state index contributed by atoms with van der Waals surface area (Å²) >= 11 is 12.5. The summed E-state index contributed by atoms with van der Waals surface area (Å²) in [5.41, 5.74) is 1.78. The van der Waals surface area contributed by atoms with Crippen LogP contribution < -0.4 is 0 Å². The third-order valence-corrected chi connectivity index (χ3v) is 5.19. The highest BCUT2D eigenvalue weighted by Gasteiger charge is 2.37. The maximum absolute atomic E-state index is 13.2. The molecule has 0 spiro atoms. The lowest BCUT2D eigenvalue weighted by Crippen LogP contribution is -2.34. The van der Waals surface area contributed by atoms with Crippen molar-refractivity contribution in [1.82, 2.24) is 4.90 Å². The predicted octanol–water partition coefficient (Wildman–Crippen LogP) is 4.47. The van der Waals surface area contributed by atoms with Crippen molar-refractivity contribution >= 4 is 46.4 Å². The molecule has 29 heavy (non-hydrogen) atoms. The van der Waals surface area contributed by atoms with E-state index in [9.17, 15) is 9.59 Å². The number of Topliss-reactive ketones (excluding diaryl/α,β-unsaturated/α-hetero) is 1. The molecule has 0 fully saturated rings. The van der Waals surface area contributed by atoms with Gasteiger partial charge in [-0.1, -0.05) is 53.5 Å². The Bertz CT molecular complexity index is 943. The van der Waals surface area contributed by atoms with E-state index in [1.807, 2.05) is 49.3 Å². The van der Waals surface area contributed by atoms with Gasteiger partial charge in [-0.3, -0.25) is 4.79 Å². The molecule has 0 aliphatic carbocycles. The zero-order valence-electron chi connectivity index (χ0n) is 16.3. The summed E-state index contributed by atoms with van der Waals surface area (Å²) in [5, 5.41) is 0.757. The summed E-state index contributed by atoms with van der Waals surface area (Å²) < 4.78 is 5.29. The number of ether oxygens (including phenoxy) is 1. The number of fused-ring (bicyclic) bond motifs is 1. The van der Waals surface area contributed by atoms with Crippen molar-refractivity contribution in [2.24, 2.45) is 4.99 Å². The van der Waals surface area contributed by atoms with E-state index in [1.54, 1.807) is 12.1 Å². The molecule has 0 aromatic heterocycles. The van der Waals surface area contributed by atoms with Gasteiger partial charge in [-0.15, -0.1) is 0 Å². The van der Waals surface area contributed by atoms with Gasteiger partial charge in [0.1, 0.15) is 0 Å². The van der Waals surface area contributed by atoms with Gasteiger partial charge in [-0.05, 0) is 44.6 Å². The predicted molar refractivity (Wildman–Crippen MR) is 116 cm³/mol. The average Bonchev–Trinajstić information content (AvgIpc) is 2.67. The fourth-order valence-electron chi connectivity index (χ4n) is 3.29. The van der Waals surface area contributed by atoms with E-state index in [4.69, 9.17) is 27.9 Å². The van der Waals surface area contributed by atoms with Gasteiger partial charge in [-0.2, -0.15) is 0 Å². The van der Waals surface area contributed by atoms with Crippen molar-refractivity contribution in [3.05, 3.63) is 63.6 Å². The number of benzene rings is 2. The standard InChI is InChI=1S/C22H22Cl2N2O3/c1-26(2)9-6-10-29-22(28)20-21(27)16(11-14-7-4-3-5-8-14)19-17(24)12-15(23)13-18(19)25-20/h3-5,7-8,12-13,16H,6,9-11H2,1-2H3. The van der Waals surface area contributed by atoms with Crippen LogP contribution in [0, 0.1) is 0 Å². The monoisotopic (exact) mass is 432 g/mol. The number of nitrogens with zero attached hydrogens (tertiary/aromatic N) is 2. The third-order valence-electron chi connectivity index (χ3n) is 4.66. The SMILES string of the molecule is CN(C)CCCOC(=O)C1=Nc2cc(Cl)cc(Cl)c2C(Cc2ccccc2)C1=O. The first-order valence-electron chi connectivity index (χ1n) is 9.34. The molecule has 1 unspecified atom stereocenters. The van der Waals surface area contributed by atoms with Crippen LogP contribution >= 0.6 is 23.2 Å². The Balaban J connectivity index is 1.90. The first-order valence-corrected chi connectivity index (χ1v) is 10.1. The van der Waals surface area contributed by atoms with Gasteiger partial charge in [0.15, 0.2) is 11.5 Å². The lowest BCUT2D eigenvalue weighted by atomic mass is 9.83. The quantitative estimate of drug-likeness (QED) is 0.478. The normalized spacial score (nSPS) is 15.8. The van der Waals surface area contributed by atoms with Crippen LogP contribution in [-0.4, -0.2) is 49.6 Å². The molecule has 2 aromatic carbocycles. The van der Waals surface area contributed by atoms with E-state index >= 15 is 0 Å². The average molecular weight is 433 g/mol. The van der Waals surface area contributed by atoms with Crippen LogP contribution in [0.15, 0.2) is 47.5 Å². The van der Waals surface area contributed by atoms with Crippen LogP contribution in [0.2, 0.25) is 10.0 Å². The van der Waals surface area contributed by atoms with Crippen molar-refractivity contribution in [3.8, 4) is 0 Å². The Morgan fingerprint density at radius 3 is 2.59 bits per heavy atom. The highest BCUT2D eigenvalue weighted by molar-refractivity contribution is 6.66. The second kappa shape index (κ2) is 9.53. The summed E-state index contributed by atoms with van der Waals surface area (Å²) in [6, 6.07) is 12.8. The summed E-state index contributed by atoms with van der Waals surface area (Å²) in [7, 11) is 3.88. The van der Waals surface area contributed by atoms with E-state index < -0.39 is 11.9 Å². The maximum Gasteiger partial charge on any atom is 0.360 e. The van der Waals surface area contributed by atoms with Crippen molar-refractivity contribution in [1.29, 1.82) is 0 Å². The third kappa shape index (κ3) is 5.24. The smallest absolute Gasteiger partial charge is 0.360 e. The second-order valence-corrected chi connectivity index (χ2v) is 8.02. The van der Waals surface area contributed by atoms with Gasteiger partial charge in [-0.25, -0.2) is 9.79 Å². The van der Waals surface area contributed by atoms with Crippen LogP contribution in [0.5, 0.6) is 0 Å². The van der Waals surface area contributed by atoms with E-state index in [1.165, 1.54) is 0 Å². The number of ketones is 1. The fraction of sp³-hybridized carbons (Fsp3) is 0.318. The van der Waals surface area contributed by atoms with Crippen molar-refractivity contribution in [3.63, 3.8) is 0 Å². The van der Waals surface area contributed by atoms with Gasteiger partial charge in [0.2, 0.25) is 0 Å². The molecule has 7 heteroatoms. The minimum atomic E-state index is -0.714. The summed E-state index contributed by atoms with van der Waals surface area (Å²) in [6.45, 7) is 0.994. The molecular formula is C22H22Cl2N2O3. The number of carbonyl (C=O) groups excluding carboxylic acids is 2. The molecule has 1 aliphatic heterocycles. The van der Waals surface area contributed by atoms with Crippen LogP contribution in [0.3, 0.4) is 0 Å². The molecule has 1 atom stereocenters. The van der Waals surface area contributed by atoms with E-state index in [-0.39, 0.29) is 18.1 Å². The Labute approximate surface area is 180 Å². The van der Waals surface area contributed by atoms with Crippen molar-refractivity contribution < 1.29 is 14.3 Å². The Morgan fingerprint density at radius 2 is 1.90 bits per heavy atom. The molecule has 1 heterocycles. The molecule has 2 aromatic rings. The summed E-state index contributed by atoms with van der Waals surface area (Å²) in [4.78, 5) is 32.0. The molecule has 152 valence electrons. The van der Waals surface area contributed by atoms with E-state index in [2.05, 4.69) is 4.99 Å². The van der Waals surface area contributed by atoms with Crippen LogP contribution in [0.1, 0.15) is 23.5 Å². The Morgan fingerprint density at radius 1 is 1.17 bits per heavy atom. The second-order valence-electron chi connectivity index (χ2n) is 7.18. The molecule has 0 bridgehead atoms. The molecule has 0 N–H and O–H groups in total. The molecule has 3 rings (SSSR count). The fourth-order valence-corrected chi connectivity index (χ4v) is 3.90. The largest absolute Gasteiger partial charge is 0.461 e. The summed E-state index contributed by atoms with van der Waals surface area (Å²) in [5.74, 6) is -1.73. The molecule has 1 aliphatic rings. The summed E-state index contributed by atoms with van der Waals surface area (Å²) in [6.07, 6.45) is 1.07. The number of halogens is 2. The highest BCUT2D eigenvalue weighted by atomic mass is 35.5. The molecule has 0 amide bonds. The maximum atomic E-state index is 13.2. The van der Waals surface area contributed by atoms with Crippen LogP contribution in [0.4, 0.5) is 5.69 Å². The van der Waals surface area contributed by atoms with Crippen molar-refractivity contribution in [2.45, 2.75) is 18.8 Å². The topological polar surface area (TPSA) is 59.0 Å². The number of hydrogen-bond donors (Lipinski definition) is 0. The van der Waals surface area contributed by atoms with Crippen LogP contribution in [0.25, 0.3) is 0 Å². The number of carbonyl (C=O) groups is 2. The molecule has 0 saturated carbocycles. The molecule has 5 nitrogen and oxygen atoms in total. The van der Waals surface area contributed by atoms with Gasteiger partial charge < -0.3 is 9.64 Å². The first kappa shape index (κ1) is 21.5. The zero-order valence-corrected chi connectivity index (χ0v) is 17.8. The molecular weight excluding hydrogens is 411 g/mol. The molecule has 0 radical (unpaired) electrons. The number of hydrogen-bond acceptors (Lipinski definition) is 5. The van der Waals surface area contributed by atoms with Gasteiger partial charge in [0, 0.05) is 22.2 Å². The van der Waals surface area contributed by atoms with Crippen molar-refractivity contribution in [2.75, 3.05) is 27.2 Å². The Hall–Kier alpha value is -2.21. The first-order chi connectivity index (χ1) is 13.9. The van der Waals surface area contributed by atoms with Crippen LogP contribution in [-0.2, 0) is 20.7 Å². The lowest BCUT2D eigenvalue weighted by molar-refractivity contribution is -0.136. The van der Waals surface area contributed by atoms with Gasteiger partial charge >= 0.3 is 5.97 Å². The zero-order chi connectivity index (χ0) is 21.0. The van der Waals surface area contributed by atoms with Gasteiger partial charge in [0.25, 0.3) is 0 Å². The Kier molecular flexibility index (Phi) is 7.06. The van der Waals surface area contributed by atoms with Gasteiger partial charge in [0.05, 0.1) is 18.2 Å². The van der Waals surface area contributed by atoms with E-state index in [0.29, 0.717) is 34.1 Å². The minimum Gasteiger partial charge on any atom is -0.461 e. The number of rotatable bonds is 7. The molecule has 0 saturated heterocycles.